The predicted molar refractivity (Wildman–Crippen MR) is 116 cm³/mol. The van der Waals surface area contributed by atoms with E-state index >= 15 is 0 Å². The number of carboxylic acid groups (broad SMARTS) is 1. The number of anilines is 1. The lowest BCUT2D eigenvalue weighted by molar-refractivity contribution is -0.385. The van der Waals surface area contributed by atoms with E-state index in [1.54, 1.807) is 30.3 Å². The topological polar surface area (TPSA) is 159 Å². The summed E-state index contributed by atoms with van der Waals surface area (Å²) >= 11 is 0. The monoisotopic (exact) mass is 460 g/mol. The Labute approximate surface area is 183 Å². The van der Waals surface area contributed by atoms with E-state index in [-0.39, 0.29) is 24.9 Å². The van der Waals surface area contributed by atoms with Gasteiger partial charge >= 0.3 is 5.97 Å². The van der Waals surface area contributed by atoms with E-state index in [0.29, 0.717) is 22.5 Å². The Kier molecular flexibility index (Phi) is 6.53. The van der Waals surface area contributed by atoms with E-state index in [0.717, 1.165) is 6.26 Å². The number of rotatable bonds is 8. The average molecular weight is 460 g/mol. The fraction of sp³-hybridized carbons (Fsp3) is 0.250. The first-order chi connectivity index (χ1) is 15.0. The number of carbonyl (C=O) groups excluding carboxylic acids is 1. The highest BCUT2D eigenvalue weighted by Gasteiger charge is 2.33. The third-order valence-corrected chi connectivity index (χ3v) is 5.31. The summed E-state index contributed by atoms with van der Waals surface area (Å²) in [5.41, 5.74) is 1.87. The van der Waals surface area contributed by atoms with Crippen LogP contribution in [0.15, 0.2) is 53.6 Å². The first kappa shape index (κ1) is 22.9. The second-order valence-electron chi connectivity index (χ2n) is 7.20. The number of non-ortho nitro benzene ring substituents is 1. The van der Waals surface area contributed by atoms with Crippen molar-refractivity contribution < 1.29 is 28.0 Å². The van der Waals surface area contributed by atoms with E-state index in [4.69, 9.17) is 5.11 Å². The lowest BCUT2D eigenvalue weighted by Gasteiger charge is -2.21. The fourth-order valence-electron chi connectivity index (χ4n) is 3.29. The molecule has 1 aliphatic rings. The molecule has 0 bridgehead atoms. The molecule has 2 aromatic rings. The molecule has 0 radical (unpaired) electrons. The number of sulfonamides is 1. The van der Waals surface area contributed by atoms with Crippen LogP contribution < -0.4 is 4.72 Å². The maximum absolute atomic E-state index is 12.7. The molecule has 12 heteroatoms. The van der Waals surface area contributed by atoms with Gasteiger partial charge in [0.2, 0.25) is 15.9 Å². The number of amides is 1. The van der Waals surface area contributed by atoms with E-state index in [2.05, 4.69) is 9.82 Å². The molecule has 1 unspecified atom stereocenters. The SMILES string of the molecule is CS(=O)(=O)Nc1ccc(C2=NN(C(=O)CCC(=O)O)C(c3cccc([N+](=O)[O-])c3)C2)cc1. The Morgan fingerprint density at radius 3 is 2.50 bits per heavy atom. The molecule has 0 saturated carbocycles. The molecule has 1 heterocycles. The second-order valence-corrected chi connectivity index (χ2v) is 8.95. The summed E-state index contributed by atoms with van der Waals surface area (Å²) in [6.07, 6.45) is 0.646. The number of aliphatic carboxylic acids is 1. The maximum atomic E-state index is 12.7. The third kappa shape index (κ3) is 5.66. The molecule has 3 rings (SSSR count). The largest absolute Gasteiger partial charge is 0.481 e. The number of benzene rings is 2. The molecular formula is C20H20N4O7S. The predicted octanol–water partition coefficient (Wildman–Crippen LogP) is 2.51. The van der Waals surface area contributed by atoms with Crippen LogP contribution in [0.2, 0.25) is 0 Å². The van der Waals surface area contributed by atoms with E-state index in [9.17, 15) is 28.1 Å². The molecule has 0 aliphatic carbocycles. The molecule has 168 valence electrons. The zero-order valence-corrected chi connectivity index (χ0v) is 17.8. The molecule has 1 aliphatic heterocycles. The van der Waals surface area contributed by atoms with E-state index in [1.165, 1.54) is 23.2 Å². The molecule has 1 amide bonds. The van der Waals surface area contributed by atoms with Crippen molar-refractivity contribution in [2.24, 2.45) is 5.10 Å². The van der Waals surface area contributed by atoms with Gasteiger partial charge in [-0.2, -0.15) is 5.10 Å². The maximum Gasteiger partial charge on any atom is 0.303 e. The lowest BCUT2D eigenvalue weighted by Crippen LogP contribution is -2.27. The van der Waals surface area contributed by atoms with Gasteiger partial charge in [-0.05, 0) is 23.3 Å². The minimum Gasteiger partial charge on any atom is -0.481 e. The van der Waals surface area contributed by atoms with Gasteiger partial charge in [0, 0.05) is 30.7 Å². The van der Waals surface area contributed by atoms with Crippen molar-refractivity contribution in [3.8, 4) is 0 Å². The van der Waals surface area contributed by atoms with E-state index < -0.39 is 32.9 Å². The molecule has 0 saturated heterocycles. The molecular weight excluding hydrogens is 440 g/mol. The van der Waals surface area contributed by atoms with Crippen LogP contribution in [-0.2, 0) is 19.6 Å². The van der Waals surface area contributed by atoms with Crippen molar-refractivity contribution in [1.29, 1.82) is 0 Å². The normalized spacial score (nSPS) is 15.8. The Balaban J connectivity index is 1.91. The molecule has 1 atom stereocenters. The van der Waals surface area contributed by atoms with Crippen LogP contribution in [0.1, 0.15) is 36.4 Å². The molecule has 0 aromatic heterocycles. The van der Waals surface area contributed by atoms with Crippen LogP contribution in [0.3, 0.4) is 0 Å². The van der Waals surface area contributed by atoms with Gasteiger partial charge in [0.05, 0.1) is 29.4 Å². The van der Waals surface area contributed by atoms with E-state index in [1.807, 2.05) is 0 Å². The van der Waals surface area contributed by atoms with Crippen LogP contribution in [0, 0.1) is 10.1 Å². The van der Waals surface area contributed by atoms with Gasteiger partial charge in [0.1, 0.15) is 0 Å². The first-order valence-electron chi connectivity index (χ1n) is 9.47. The second kappa shape index (κ2) is 9.14. The highest BCUT2D eigenvalue weighted by molar-refractivity contribution is 7.92. The standard InChI is InChI=1S/C20H20N4O7S/c1-32(30,31)22-15-7-5-13(6-8-15)17-12-18(14-3-2-4-16(11-14)24(28)29)23(21-17)19(25)9-10-20(26)27/h2-8,11,18,22H,9-10,12H2,1H3,(H,26,27). The summed E-state index contributed by atoms with van der Waals surface area (Å²) in [4.78, 5) is 34.2. The summed E-state index contributed by atoms with van der Waals surface area (Å²) in [5.74, 6) is -1.64. The van der Waals surface area contributed by atoms with Crippen molar-refractivity contribution in [3.63, 3.8) is 0 Å². The number of carboxylic acids is 1. The molecule has 2 N–H and O–H groups in total. The number of hydrogen-bond donors (Lipinski definition) is 2. The molecule has 2 aromatic carbocycles. The fourth-order valence-corrected chi connectivity index (χ4v) is 3.86. The summed E-state index contributed by atoms with van der Waals surface area (Å²) in [5, 5.41) is 25.6. The Morgan fingerprint density at radius 1 is 1.22 bits per heavy atom. The van der Waals surface area contributed by atoms with Gasteiger partial charge in [0.15, 0.2) is 0 Å². The van der Waals surface area contributed by atoms with Crippen LogP contribution in [-0.4, -0.2) is 47.3 Å². The Hall–Kier alpha value is -3.80. The summed E-state index contributed by atoms with van der Waals surface area (Å²) < 4.78 is 25.1. The minimum absolute atomic E-state index is 0.134. The molecule has 0 fully saturated rings. The van der Waals surface area contributed by atoms with Crippen molar-refractivity contribution >= 4 is 39.0 Å². The Bertz CT molecular complexity index is 1190. The number of nitro benzene ring substituents is 1. The van der Waals surface area contributed by atoms with Gasteiger partial charge in [-0.15, -0.1) is 0 Å². The van der Waals surface area contributed by atoms with Gasteiger partial charge < -0.3 is 5.11 Å². The van der Waals surface area contributed by atoms with Crippen molar-refractivity contribution in [2.75, 3.05) is 11.0 Å². The average Bonchev–Trinajstić information content (AvgIpc) is 3.17. The zero-order chi connectivity index (χ0) is 23.5. The van der Waals surface area contributed by atoms with Crippen LogP contribution >= 0.6 is 0 Å². The minimum atomic E-state index is -3.43. The quantitative estimate of drug-likeness (QED) is 0.452. The number of carbonyl (C=O) groups is 2. The summed E-state index contributed by atoms with van der Waals surface area (Å²) in [6, 6.07) is 11.6. The van der Waals surface area contributed by atoms with Crippen LogP contribution in [0.4, 0.5) is 11.4 Å². The number of hydrazone groups is 1. The molecule has 32 heavy (non-hydrogen) atoms. The van der Waals surface area contributed by atoms with Gasteiger partial charge in [0.25, 0.3) is 5.69 Å². The van der Waals surface area contributed by atoms with Crippen molar-refractivity contribution in [2.45, 2.75) is 25.3 Å². The Morgan fingerprint density at radius 2 is 1.91 bits per heavy atom. The summed E-state index contributed by atoms with van der Waals surface area (Å²) in [6.45, 7) is 0. The smallest absolute Gasteiger partial charge is 0.303 e. The first-order valence-corrected chi connectivity index (χ1v) is 11.4. The van der Waals surface area contributed by atoms with Gasteiger partial charge in [-0.3, -0.25) is 24.4 Å². The van der Waals surface area contributed by atoms with Gasteiger partial charge in [-0.25, -0.2) is 13.4 Å². The van der Waals surface area contributed by atoms with Gasteiger partial charge in [-0.1, -0.05) is 24.3 Å². The lowest BCUT2D eigenvalue weighted by atomic mass is 9.97. The van der Waals surface area contributed by atoms with Crippen LogP contribution in [0.5, 0.6) is 0 Å². The number of nitrogens with one attached hydrogen (secondary N) is 1. The number of nitro groups is 1. The zero-order valence-electron chi connectivity index (χ0n) is 17.0. The highest BCUT2D eigenvalue weighted by atomic mass is 32.2. The number of nitrogens with zero attached hydrogens (tertiary/aromatic N) is 3. The van der Waals surface area contributed by atoms with Crippen LogP contribution in [0.25, 0.3) is 0 Å². The van der Waals surface area contributed by atoms with Crippen molar-refractivity contribution in [3.05, 3.63) is 69.8 Å². The molecule has 11 nitrogen and oxygen atoms in total. The van der Waals surface area contributed by atoms with Crippen molar-refractivity contribution in [1.82, 2.24) is 5.01 Å². The third-order valence-electron chi connectivity index (χ3n) is 4.71. The summed E-state index contributed by atoms with van der Waals surface area (Å²) in [7, 11) is -3.43. The highest BCUT2D eigenvalue weighted by Crippen LogP contribution is 2.35. The number of hydrogen-bond acceptors (Lipinski definition) is 7. The molecule has 0 spiro atoms.